The van der Waals surface area contributed by atoms with Crippen LogP contribution in [0.5, 0.6) is 5.75 Å². The summed E-state index contributed by atoms with van der Waals surface area (Å²) in [5.74, 6) is 1.01. The molecule has 40 heavy (non-hydrogen) atoms. The molecule has 0 aliphatic carbocycles. The Balaban J connectivity index is 1.91. The summed E-state index contributed by atoms with van der Waals surface area (Å²) in [6.45, 7) is 12.5. The Morgan fingerprint density at radius 1 is 0.750 bits per heavy atom. The Hall–Kier alpha value is -3.03. The zero-order valence-corrected chi connectivity index (χ0v) is 27.2. The second-order valence-corrected chi connectivity index (χ2v) is 19.5. The molecular formula is C35H42IN2O2-. The first kappa shape index (κ1) is 28.5. The van der Waals surface area contributed by atoms with Gasteiger partial charge in [-0.05, 0) is 0 Å². The molecule has 4 aromatic rings. The number of alkyl halides is 2. The van der Waals surface area contributed by atoms with E-state index in [1.54, 1.807) is 7.11 Å². The van der Waals surface area contributed by atoms with Crippen LogP contribution >= 0.6 is 0 Å². The van der Waals surface area contributed by atoms with Crippen molar-refractivity contribution in [3.05, 3.63) is 102 Å². The van der Waals surface area contributed by atoms with E-state index in [2.05, 4.69) is 137 Å². The summed E-state index contributed by atoms with van der Waals surface area (Å²) in [6, 6.07) is 31.0. The van der Waals surface area contributed by atoms with Gasteiger partial charge in [-0.1, -0.05) is 0 Å². The average molecular weight is 650 g/mol. The van der Waals surface area contributed by atoms with Crippen molar-refractivity contribution in [2.75, 3.05) is 38.1 Å². The van der Waals surface area contributed by atoms with E-state index in [1.807, 2.05) is 0 Å². The van der Waals surface area contributed by atoms with Crippen LogP contribution in [0.25, 0.3) is 11.1 Å². The van der Waals surface area contributed by atoms with Crippen molar-refractivity contribution < 1.29 is 26.9 Å². The van der Waals surface area contributed by atoms with E-state index in [4.69, 9.17) is 7.80 Å². The third-order valence-corrected chi connectivity index (χ3v) is 12.3. The average Bonchev–Trinajstić information content (AvgIpc) is 2.91. The Morgan fingerprint density at radius 3 is 2.02 bits per heavy atom. The van der Waals surface area contributed by atoms with Gasteiger partial charge in [0.15, 0.2) is 0 Å². The fraction of sp³-hybridized carbons (Fsp3) is 0.314. The fourth-order valence-electron chi connectivity index (χ4n) is 5.45. The van der Waals surface area contributed by atoms with E-state index >= 15 is 0 Å². The van der Waals surface area contributed by atoms with Crippen LogP contribution in [0.4, 0.5) is 22.7 Å². The number of benzene rings is 4. The van der Waals surface area contributed by atoms with Crippen LogP contribution in [0.15, 0.2) is 84.9 Å². The zero-order chi connectivity index (χ0) is 28.7. The molecule has 4 aromatic carbocycles. The predicted octanol–water partition coefficient (Wildman–Crippen LogP) is 5.83. The van der Waals surface area contributed by atoms with Gasteiger partial charge in [0.05, 0.1) is 0 Å². The van der Waals surface area contributed by atoms with Gasteiger partial charge in [0, 0.05) is 0 Å². The van der Waals surface area contributed by atoms with E-state index in [9.17, 15) is 0 Å². The first-order valence-electron chi connectivity index (χ1n) is 13.8. The monoisotopic (exact) mass is 649 g/mol. The molecule has 0 aromatic heterocycles. The molecule has 0 spiro atoms. The van der Waals surface area contributed by atoms with Crippen LogP contribution in [0, 0.1) is 13.8 Å². The predicted molar refractivity (Wildman–Crippen MR) is 166 cm³/mol. The molecule has 0 saturated heterocycles. The van der Waals surface area contributed by atoms with E-state index in [-0.39, 0.29) is 5.41 Å². The number of hydrogen-bond acceptors (Lipinski definition) is 4. The van der Waals surface area contributed by atoms with Crippen molar-refractivity contribution in [2.45, 2.75) is 40.0 Å². The second-order valence-electron chi connectivity index (χ2n) is 11.9. The normalized spacial score (nSPS) is 15.4. The van der Waals surface area contributed by atoms with Gasteiger partial charge in [-0.25, -0.2) is 0 Å². The van der Waals surface area contributed by atoms with Gasteiger partial charge in [0.1, 0.15) is 0 Å². The molecule has 0 bridgehead atoms. The maximum absolute atomic E-state index is 7.46. The minimum absolute atomic E-state index is 0.0887. The van der Waals surface area contributed by atoms with E-state index < -0.39 is 19.1 Å². The van der Waals surface area contributed by atoms with Crippen molar-refractivity contribution in [3.8, 4) is 16.9 Å². The molecule has 0 radical (unpaired) electrons. The van der Waals surface area contributed by atoms with Crippen molar-refractivity contribution in [1.82, 2.24) is 0 Å². The summed E-state index contributed by atoms with van der Waals surface area (Å²) >= 11 is -3.22. The second kappa shape index (κ2) is 11.1. The molecule has 1 aliphatic heterocycles. The summed E-state index contributed by atoms with van der Waals surface area (Å²) in [7, 11) is 1.78. The number of hydrogen-bond donors (Lipinski definition) is 0. The molecule has 1 aliphatic rings. The molecule has 5 rings (SSSR count). The van der Waals surface area contributed by atoms with Crippen LogP contribution in [-0.2, 0) is 10.2 Å². The van der Waals surface area contributed by atoms with Crippen molar-refractivity contribution in [1.29, 1.82) is 0 Å². The molecule has 0 fully saturated rings. The van der Waals surface area contributed by atoms with Crippen LogP contribution in [0.3, 0.4) is 0 Å². The van der Waals surface area contributed by atoms with Crippen molar-refractivity contribution >= 4 is 22.7 Å². The van der Waals surface area contributed by atoms with E-state index in [0.717, 1.165) is 40.6 Å². The number of nitrogens with zero attached hydrogens (tertiary/aromatic N) is 2. The molecule has 212 valence electrons. The summed E-state index contributed by atoms with van der Waals surface area (Å²) in [5, 5.41) is 0. The number of para-hydroxylation sites is 3. The Labute approximate surface area is 245 Å². The Morgan fingerprint density at radius 2 is 1.38 bits per heavy atom. The number of rotatable bonds is 4. The van der Waals surface area contributed by atoms with Crippen LogP contribution < -0.4 is 30.2 Å². The molecule has 0 unspecified atom stereocenters. The van der Waals surface area contributed by atoms with Gasteiger partial charge in [0.25, 0.3) is 0 Å². The van der Waals surface area contributed by atoms with Crippen LogP contribution in [-0.4, -0.2) is 30.1 Å². The van der Waals surface area contributed by atoms with E-state index in [0.29, 0.717) is 6.61 Å². The van der Waals surface area contributed by atoms with Gasteiger partial charge >= 0.3 is 246 Å². The standard InChI is InChI=1S/C35H42IN2O2/c1-25-17-19-27(20-18-25)38-33-16-12-11-15-32(33)37(21-22-39-8)31-14-10-9-13-28(31)29-23-26(2)24-30(35(3,4)5)34(29)40-36(38,6)7/h9-20,23-24H,21-22H2,1-8H3/q-1. The number of aryl methyl sites for hydroxylation is 2. The van der Waals surface area contributed by atoms with Crippen LogP contribution in [0.2, 0.25) is 0 Å². The van der Waals surface area contributed by atoms with Gasteiger partial charge < -0.3 is 0 Å². The first-order chi connectivity index (χ1) is 19.0. The number of fused-ring (bicyclic) bond motifs is 4. The molecule has 0 atom stereocenters. The topological polar surface area (TPSA) is 24.9 Å². The van der Waals surface area contributed by atoms with Gasteiger partial charge in [-0.2, -0.15) is 0 Å². The third-order valence-electron chi connectivity index (χ3n) is 7.36. The SMILES string of the molecule is COCCN1c2ccccc2-c2cc(C)cc(C(C)(C)C)c2O[I-](C)(C)N(c2ccc(C)cc2)c2ccccc21. The van der Waals surface area contributed by atoms with Crippen molar-refractivity contribution in [2.24, 2.45) is 0 Å². The third kappa shape index (κ3) is 5.46. The number of halogens is 1. The quantitative estimate of drug-likeness (QED) is 0.158. The number of ether oxygens (including phenoxy) is 1. The summed E-state index contributed by atoms with van der Waals surface area (Å²) in [5.41, 5.74) is 10.6. The summed E-state index contributed by atoms with van der Waals surface area (Å²) in [6.07, 6.45) is 0. The van der Waals surface area contributed by atoms with Gasteiger partial charge in [-0.15, -0.1) is 0 Å². The maximum atomic E-state index is 7.46. The van der Waals surface area contributed by atoms with Gasteiger partial charge in [-0.3, -0.25) is 0 Å². The molecular weight excluding hydrogens is 607 g/mol. The molecule has 0 amide bonds. The van der Waals surface area contributed by atoms with E-state index in [1.165, 1.54) is 22.3 Å². The van der Waals surface area contributed by atoms with Crippen LogP contribution in [0.1, 0.15) is 37.5 Å². The number of anilines is 4. The molecule has 4 nitrogen and oxygen atoms in total. The molecule has 1 heterocycles. The Kier molecular flexibility index (Phi) is 7.90. The van der Waals surface area contributed by atoms with Crippen molar-refractivity contribution in [3.63, 3.8) is 0 Å². The van der Waals surface area contributed by atoms with Gasteiger partial charge in [0.2, 0.25) is 0 Å². The minimum atomic E-state index is -3.22. The molecule has 0 N–H and O–H groups in total. The zero-order valence-electron chi connectivity index (χ0n) is 25.1. The number of methoxy groups -OCH3 is 1. The first-order valence-corrected chi connectivity index (χ1v) is 20.0. The summed E-state index contributed by atoms with van der Waals surface area (Å²) in [4.78, 5) is 7.14. The summed E-state index contributed by atoms with van der Waals surface area (Å²) < 4.78 is 15.6. The Bertz CT molecular complexity index is 1510. The molecule has 0 saturated carbocycles. The molecule has 5 heteroatoms. The fourth-order valence-corrected chi connectivity index (χ4v) is 10.5.